The summed E-state index contributed by atoms with van der Waals surface area (Å²) < 4.78 is 0. The molecule has 0 N–H and O–H groups in total. The van der Waals surface area contributed by atoms with Crippen molar-refractivity contribution in [2.45, 2.75) is 26.2 Å². The highest BCUT2D eigenvalue weighted by molar-refractivity contribution is 5.88. The van der Waals surface area contributed by atoms with Crippen molar-refractivity contribution in [1.29, 1.82) is 0 Å². The van der Waals surface area contributed by atoms with Gasteiger partial charge in [0.15, 0.2) is 0 Å². The third-order valence-corrected chi connectivity index (χ3v) is 8.21. The van der Waals surface area contributed by atoms with Crippen LogP contribution < -0.4 is 4.90 Å². The van der Waals surface area contributed by atoms with Gasteiger partial charge in [0.1, 0.15) is 0 Å². The normalized spacial score (nSPS) is 13.7. The Morgan fingerprint density at radius 3 is 1.74 bits per heavy atom. The Balaban J connectivity index is 1.49. The first-order valence-electron chi connectivity index (χ1n) is 13.6. The summed E-state index contributed by atoms with van der Waals surface area (Å²) in [5.74, 6) is 0. The van der Waals surface area contributed by atoms with E-state index >= 15 is 0 Å². The van der Waals surface area contributed by atoms with Crippen LogP contribution in [0, 0.1) is 0 Å². The van der Waals surface area contributed by atoms with Crippen LogP contribution in [-0.4, -0.2) is 0 Å². The van der Waals surface area contributed by atoms with Crippen molar-refractivity contribution in [2.75, 3.05) is 4.90 Å². The van der Waals surface area contributed by atoms with Crippen LogP contribution in [0.25, 0.3) is 27.8 Å². The molecule has 0 unspecified atom stereocenters. The maximum atomic E-state index is 4.11. The zero-order chi connectivity index (χ0) is 27.0. The Labute approximate surface area is 232 Å². The summed E-state index contributed by atoms with van der Waals surface area (Å²) in [6.07, 6.45) is 2.01. The number of anilines is 3. The van der Waals surface area contributed by atoms with E-state index in [2.05, 4.69) is 160 Å². The molecule has 6 rings (SSSR count). The molecule has 1 aliphatic rings. The zero-order valence-corrected chi connectivity index (χ0v) is 22.9. The summed E-state index contributed by atoms with van der Waals surface area (Å²) in [5.41, 5.74) is 13.5. The molecule has 0 radical (unpaired) electrons. The van der Waals surface area contributed by atoms with E-state index in [0.29, 0.717) is 0 Å². The van der Waals surface area contributed by atoms with E-state index in [-0.39, 0.29) is 5.41 Å². The minimum atomic E-state index is -0.0520. The Morgan fingerprint density at radius 1 is 0.564 bits per heavy atom. The molecule has 0 saturated heterocycles. The molecule has 0 fully saturated rings. The molecule has 1 aliphatic carbocycles. The van der Waals surface area contributed by atoms with Crippen molar-refractivity contribution in [3.63, 3.8) is 0 Å². The van der Waals surface area contributed by atoms with Gasteiger partial charge >= 0.3 is 0 Å². The van der Waals surface area contributed by atoms with Crippen molar-refractivity contribution in [2.24, 2.45) is 0 Å². The quantitative estimate of drug-likeness (QED) is 0.223. The van der Waals surface area contributed by atoms with E-state index in [1.54, 1.807) is 0 Å². The zero-order valence-electron chi connectivity index (χ0n) is 22.9. The highest BCUT2D eigenvalue weighted by atomic mass is 15.1. The Bertz CT molecular complexity index is 1670. The highest BCUT2D eigenvalue weighted by Crippen LogP contribution is 2.49. The first-order chi connectivity index (χ1) is 19.0. The van der Waals surface area contributed by atoms with Gasteiger partial charge in [-0.1, -0.05) is 123 Å². The maximum Gasteiger partial charge on any atom is 0.0467 e. The summed E-state index contributed by atoms with van der Waals surface area (Å²) in [6.45, 7) is 11.0. The first kappa shape index (κ1) is 24.7. The van der Waals surface area contributed by atoms with Gasteiger partial charge in [0, 0.05) is 22.5 Å². The fraction of sp³-hybridized carbons (Fsp3) is 0.105. The van der Waals surface area contributed by atoms with E-state index in [4.69, 9.17) is 0 Å². The van der Waals surface area contributed by atoms with Crippen molar-refractivity contribution < 1.29 is 0 Å². The van der Waals surface area contributed by atoms with Crippen LogP contribution in [0.2, 0.25) is 0 Å². The van der Waals surface area contributed by atoms with Crippen molar-refractivity contribution in [3.05, 3.63) is 157 Å². The van der Waals surface area contributed by atoms with Crippen molar-refractivity contribution >= 4 is 22.6 Å². The molecule has 0 aromatic heterocycles. The standard InChI is InChI=1S/C38H33N/c1-5-35-27(2)38(3,4)37-26-34(23-24-36(35)37)39(32-21-19-30(20-22-32)28-13-8-6-9-14-28)33-18-12-17-31(25-33)29-15-10-7-11-16-29/h5-26H,1H2,2-4H3. The van der Waals surface area contributed by atoms with Gasteiger partial charge in [0.2, 0.25) is 0 Å². The first-order valence-corrected chi connectivity index (χ1v) is 13.6. The molecule has 1 nitrogen and oxygen atoms in total. The molecule has 0 aliphatic heterocycles. The molecule has 5 aromatic carbocycles. The fourth-order valence-corrected chi connectivity index (χ4v) is 5.76. The third-order valence-electron chi connectivity index (χ3n) is 8.21. The van der Waals surface area contributed by atoms with Crippen LogP contribution >= 0.6 is 0 Å². The minimum Gasteiger partial charge on any atom is -0.310 e. The van der Waals surface area contributed by atoms with Gasteiger partial charge in [-0.05, 0) is 82.3 Å². The van der Waals surface area contributed by atoms with Crippen LogP contribution in [-0.2, 0) is 5.41 Å². The lowest BCUT2D eigenvalue weighted by Gasteiger charge is -2.29. The van der Waals surface area contributed by atoms with E-state index in [1.807, 2.05) is 6.08 Å². The van der Waals surface area contributed by atoms with Gasteiger partial charge in [-0.25, -0.2) is 0 Å². The number of nitrogens with zero attached hydrogens (tertiary/aromatic N) is 1. The SMILES string of the molecule is C=CC1=C(C)C(C)(C)c2cc(N(c3ccc(-c4ccccc4)cc3)c3cccc(-c4ccccc4)c3)ccc21. The lowest BCUT2D eigenvalue weighted by molar-refractivity contribution is 0.639. The lowest BCUT2D eigenvalue weighted by atomic mass is 9.82. The fourth-order valence-electron chi connectivity index (χ4n) is 5.76. The number of allylic oxidation sites excluding steroid dienone is 3. The van der Waals surface area contributed by atoms with Gasteiger partial charge in [-0.2, -0.15) is 0 Å². The maximum absolute atomic E-state index is 4.11. The summed E-state index contributed by atoms with van der Waals surface area (Å²) in [6, 6.07) is 45.8. The minimum absolute atomic E-state index is 0.0520. The smallest absolute Gasteiger partial charge is 0.0467 e. The second kappa shape index (κ2) is 9.93. The Hall–Kier alpha value is -4.62. The topological polar surface area (TPSA) is 3.24 Å². The van der Waals surface area contributed by atoms with Gasteiger partial charge in [0.05, 0.1) is 0 Å². The molecule has 190 valence electrons. The average molecular weight is 504 g/mol. The molecule has 1 heteroatoms. The Kier molecular flexibility index (Phi) is 6.29. The average Bonchev–Trinajstić information content (AvgIpc) is 3.18. The molecule has 0 bridgehead atoms. The van der Waals surface area contributed by atoms with E-state index in [9.17, 15) is 0 Å². The summed E-state index contributed by atoms with van der Waals surface area (Å²) >= 11 is 0. The predicted molar refractivity (Wildman–Crippen MR) is 168 cm³/mol. The Morgan fingerprint density at radius 2 is 1.10 bits per heavy atom. The molecule has 5 aromatic rings. The number of hydrogen-bond donors (Lipinski definition) is 0. The molecule has 0 spiro atoms. The van der Waals surface area contributed by atoms with Crippen LogP contribution in [0.1, 0.15) is 31.9 Å². The summed E-state index contributed by atoms with van der Waals surface area (Å²) in [5, 5.41) is 0. The van der Waals surface area contributed by atoms with Crippen LogP contribution in [0.4, 0.5) is 17.1 Å². The van der Waals surface area contributed by atoms with Crippen LogP contribution in [0.3, 0.4) is 0 Å². The number of rotatable bonds is 6. The number of hydrogen-bond acceptors (Lipinski definition) is 1. The molecular formula is C38H33N. The monoisotopic (exact) mass is 503 g/mol. The molecule has 0 atom stereocenters. The molecular weight excluding hydrogens is 470 g/mol. The number of fused-ring (bicyclic) bond motifs is 1. The van der Waals surface area contributed by atoms with E-state index in [1.165, 1.54) is 44.5 Å². The molecule has 0 heterocycles. The van der Waals surface area contributed by atoms with Gasteiger partial charge < -0.3 is 4.90 Å². The van der Waals surface area contributed by atoms with Gasteiger partial charge in [0.25, 0.3) is 0 Å². The summed E-state index contributed by atoms with van der Waals surface area (Å²) in [4.78, 5) is 2.37. The predicted octanol–water partition coefficient (Wildman–Crippen LogP) is 10.7. The van der Waals surface area contributed by atoms with Gasteiger partial charge in [-0.15, -0.1) is 0 Å². The van der Waals surface area contributed by atoms with Crippen molar-refractivity contribution in [1.82, 2.24) is 0 Å². The second-order valence-corrected chi connectivity index (χ2v) is 10.8. The molecule has 0 amide bonds. The van der Waals surface area contributed by atoms with Gasteiger partial charge in [-0.3, -0.25) is 0 Å². The second-order valence-electron chi connectivity index (χ2n) is 10.8. The van der Waals surface area contributed by atoms with E-state index < -0.39 is 0 Å². The highest BCUT2D eigenvalue weighted by Gasteiger charge is 2.34. The largest absolute Gasteiger partial charge is 0.310 e. The number of benzene rings is 5. The molecule has 39 heavy (non-hydrogen) atoms. The van der Waals surface area contributed by atoms with E-state index in [0.717, 1.165) is 17.1 Å². The van der Waals surface area contributed by atoms with Crippen LogP contribution in [0.15, 0.2) is 146 Å². The third kappa shape index (κ3) is 4.41. The lowest BCUT2D eigenvalue weighted by Crippen LogP contribution is -2.17. The summed E-state index contributed by atoms with van der Waals surface area (Å²) in [7, 11) is 0. The molecule has 0 saturated carbocycles. The van der Waals surface area contributed by atoms with Crippen LogP contribution in [0.5, 0.6) is 0 Å². The van der Waals surface area contributed by atoms with Crippen molar-refractivity contribution in [3.8, 4) is 22.3 Å².